The topological polar surface area (TPSA) is 91.1 Å². The second-order valence-corrected chi connectivity index (χ2v) is 11.3. The van der Waals surface area contributed by atoms with Crippen LogP contribution in [0.1, 0.15) is 38.4 Å². The van der Waals surface area contributed by atoms with Crippen molar-refractivity contribution in [1.82, 2.24) is 29.4 Å². The van der Waals surface area contributed by atoms with Gasteiger partial charge in [0.1, 0.15) is 0 Å². The predicted molar refractivity (Wildman–Crippen MR) is 163 cm³/mol. The summed E-state index contributed by atoms with van der Waals surface area (Å²) in [6.45, 7) is 7.86. The molecular weight excluding hydrogens is 585 g/mol. The van der Waals surface area contributed by atoms with E-state index in [-0.39, 0.29) is 23.4 Å². The van der Waals surface area contributed by atoms with Gasteiger partial charge in [-0.05, 0) is 55.3 Å². The number of hydrogen-bond donors (Lipinski definition) is 1. The third-order valence-electron chi connectivity index (χ3n) is 8.10. The number of anilines is 2. The van der Waals surface area contributed by atoms with Gasteiger partial charge in [-0.1, -0.05) is 18.1 Å². The Labute approximate surface area is 258 Å². The first-order chi connectivity index (χ1) is 21.6. The van der Waals surface area contributed by atoms with Gasteiger partial charge in [-0.2, -0.15) is 13.2 Å². The third kappa shape index (κ3) is 7.09. The van der Waals surface area contributed by atoms with Gasteiger partial charge in [0.25, 0.3) is 11.7 Å². The molecule has 2 fully saturated rings. The van der Waals surface area contributed by atoms with Crippen molar-refractivity contribution in [2.45, 2.75) is 19.6 Å². The number of likely N-dealkylation sites (N-methyl/N-ethyl adjacent to an activating group) is 1. The molecule has 1 amide bonds. The molecule has 2 aromatic heterocycles. The normalized spacial score (nSPS) is 16.4. The number of aromatic nitrogens is 4. The van der Waals surface area contributed by atoms with E-state index >= 15 is 0 Å². The molecule has 0 bridgehead atoms. The van der Waals surface area contributed by atoms with E-state index < -0.39 is 17.6 Å². The van der Waals surface area contributed by atoms with Crippen molar-refractivity contribution in [3.05, 3.63) is 82.4 Å². The highest BCUT2D eigenvalue weighted by molar-refractivity contribution is 6.04. The standard InChI is InChI=1S/C32H33F3N8O2/c1-22-3-4-24(17-23(22)6-8-29-38-39-31-36-19-27(21-43(29)31)42-13-15-45-16-14-42)30(44)37-26-7-5-25(28(18-26)32(33,34)35)20-41-11-9-40(2)10-12-41/h3-5,7,17-19,21H,9-16,20H2,1-2H3,(H,37,44). The fraction of sp³-hybridized carbons (Fsp3) is 0.375. The van der Waals surface area contributed by atoms with E-state index in [9.17, 15) is 18.0 Å². The summed E-state index contributed by atoms with van der Waals surface area (Å²) in [5.41, 5.74) is 2.09. The van der Waals surface area contributed by atoms with Crippen molar-refractivity contribution in [3.8, 4) is 11.8 Å². The fourth-order valence-corrected chi connectivity index (χ4v) is 5.38. The number of ether oxygens (including phenoxy) is 1. The molecule has 4 heterocycles. The lowest BCUT2D eigenvalue weighted by Gasteiger charge is -2.33. The summed E-state index contributed by atoms with van der Waals surface area (Å²) in [7, 11) is 2.00. The van der Waals surface area contributed by atoms with Gasteiger partial charge < -0.3 is 19.9 Å². The van der Waals surface area contributed by atoms with Gasteiger partial charge >= 0.3 is 6.18 Å². The Hall–Kier alpha value is -4.51. The summed E-state index contributed by atoms with van der Waals surface area (Å²) < 4.78 is 49.3. The molecule has 0 atom stereocenters. The monoisotopic (exact) mass is 618 g/mol. The molecule has 45 heavy (non-hydrogen) atoms. The summed E-state index contributed by atoms with van der Waals surface area (Å²) in [6.07, 6.45) is -0.919. The minimum atomic E-state index is -4.56. The number of carbonyl (C=O) groups excluding carboxylic acids is 1. The fourth-order valence-electron chi connectivity index (χ4n) is 5.38. The molecule has 0 saturated carbocycles. The number of aryl methyl sites for hydroxylation is 1. The molecular formula is C32H33F3N8O2. The molecule has 0 unspecified atom stereocenters. The zero-order chi connectivity index (χ0) is 31.6. The lowest BCUT2D eigenvalue weighted by Crippen LogP contribution is -2.44. The highest BCUT2D eigenvalue weighted by Crippen LogP contribution is 2.35. The molecule has 2 aliphatic rings. The van der Waals surface area contributed by atoms with E-state index in [4.69, 9.17) is 4.74 Å². The average Bonchev–Trinajstić information content (AvgIpc) is 3.44. The number of carbonyl (C=O) groups is 1. The quantitative estimate of drug-likeness (QED) is 0.339. The lowest BCUT2D eigenvalue weighted by molar-refractivity contribution is -0.138. The van der Waals surface area contributed by atoms with Crippen molar-refractivity contribution >= 4 is 23.1 Å². The highest BCUT2D eigenvalue weighted by Gasteiger charge is 2.34. The van der Waals surface area contributed by atoms with Crippen LogP contribution in [-0.2, 0) is 17.5 Å². The molecule has 13 heteroatoms. The molecule has 2 saturated heterocycles. The number of morpholine rings is 1. The Kier molecular flexibility index (Phi) is 8.71. The van der Waals surface area contributed by atoms with E-state index in [0.29, 0.717) is 43.5 Å². The Balaban J connectivity index is 1.20. The van der Waals surface area contributed by atoms with E-state index in [1.807, 2.05) is 25.1 Å². The molecule has 2 aromatic carbocycles. The largest absolute Gasteiger partial charge is 0.416 e. The molecule has 2 aliphatic heterocycles. The molecule has 0 radical (unpaired) electrons. The van der Waals surface area contributed by atoms with Crippen LogP contribution in [0.15, 0.2) is 48.8 Å². The first-order valence-corrected chi connectivity index (χ1v) is 14.7. The second-order valence-electron chi connectivity index (χ2n) is 11.3. The summed E-state index contributed by atoms with van der Waals surface area (Å²) in [5, 5.41) is 10.9. The van der Waals surface area contributed by atoms with Gasteiger partial charge in [-0.3, -0.25) is 14.1 Å². The van der Waals surface area contributed by atoms with Crippen LogP contribution in [0.4, 0.5) is 24.5 Å². The van der Waals surface area contributed by atoms with Crippen molar-refractivity contribution in [1.29, 1.82) is 0 Å². The van der Waals surface area contributed by atoms with E-state index in [2.05, 4.69) is 42.1 Å². The number of fused-ring (bicyclic) bond motifs is 1. The molecule has 6 rings (SSSR count). The SMILES string of the molecule is Cc1ccc(C(=O)Nc2ccc(CN3CCN(C)CC3)c(C(F)(F)F)c2)cc1C#Cc1nnc2ncc(N3CCOCC3)cn12. The number of rotatable bonds is 5. The predicted octanol–water partition coefficient (Wildman–Crippen LogP) is 3.69. The van der Waals surface area contributed by atoms with Crippen LogP contribution in [0.3, 0.4) is 0 Å². The number of nitrogens with zero attached hydrogens (tertiary/aromatic N) is 7. The maximum absolute atomic E-state index is 14.0. The van der Waals surface area contributed by atoms with Crippen LogP contribution in [0.5, 0.6) is 0 Å². The number of alkyl halides is 3. The summed E-state index contributed by atoms with van der Waals surface area (Å²) in [6, 6.07) is 8.96. The first-order valence-electron chi connectivity index (χ1n) is 14.7. The number of piperazine rings is 1. The van der Waals surface area contributed by atoms with Gasteiger partial charge in [0.2, 0.25) is 5.82 Å². The number of hydrogen-bond acceptors (Lipinski definition) is 8. The molecule has 0 spiro atoms. The van der Waals surface area contributed by atoms with E-state index in [1.165, 1.54) is 12.1 Å². The Morgan fingerprint density at radius 2 is 1.78 bits per heavy atom. The average molecular weight is 619 g/mol. The van der Waals surface area contributed by atoms with Gasteiger partial charge in [0.05, 0.1) is 30.7 Å². The molecule has 10 nitrogen and oxygen atoms in total. The third-order valence-corrected chi connectivity index (χ3v) is 8.10. The van der Waals surface area contributed by atoms with Crippen LogP contribution in [0.2, 0.25) is 0 Å². The van der Waals surface area contributed by atoms with Crippen molar-refractivity contribution in [2.75, 3.05) is 69.7 Å². The molecule has 0 aliphatic carbocycles. The molecule has 4 aromatic rings. The van der Waals surface area contributed by atoms with Crippen LogP contribution in [-0.4, -0.2) is 94.8 Å². The van der Waals surface area contributed by atoms with E-state index in [0.717, 1.165) is 43.5 Å². The number of nitrogens with one attached hydrogen (secondary N) is 1. The van der Waals surface area contributed by atoms with Crippen LogP contribution in [0, 0.1) is 18.8 Å². The van der Waals surface area contributed by atoms with Gasteiger partial charge in [0.15, 0.2) is 0 Å². The van der Waals surface area contributed by atoms with E-state index in [1.54, 1.807) is 28.8 Å². The number of benzene rings is 2. The van der Waals surface area contributed by atoms with Crippen molar-refractivity contribution < 1.29 is 22.7 Å². The smallest absolute Gasteiger partial charge is 0.378 e. The number of halogens is 3. The summed E-state index contributed by atoms with van der Waals surface area (Å²) in [5.74, 6) is 6.36. The number of amides is 1. The molecule has 234 valence electrons. The first kappa shape index (κ1) is 30.5. The second kappa shape index (κ2) is 12.8. The van der Waals surface area contributed by atoms with Crippen LogP contribution in [0.25, 0.3) is 5.78 Å². The summed E-state index contributed by atoms with van der Waals surface area (Å²) >= 11 is 0. The molecule has 1 N–H and O–H groups in total. The van der Waals surface area contributed by atoms with Crippen molar-refractivity contribution in [3.63, 3.8) is 0 Å². The van der Waals surface area contributed by atoms with Gasteiger partial charge in [0, 0.05) is 68.8 Å². The van der Waals surface area contributed by atoms with Gasteiger partial charge in [-0.15, -0.1) is 10.2 Å². The minimum absolute atomic E-state index is 0.0705. The zero-order valence-electron chi connectivity index (χ0n) is 25.1. The maximum Gasteiger partial charge on any atom is 0.416 e. The Morgan fingerprint density at radius 1 is 1.00 bits per heavy atom. The Morgan fingerprint density at radius 3 is 2.53 bits per heavy atom. The summed E-state index contributed by atoms with van der Waals surface area (Å²) in [4.78, 5) is 23.9. The lowest BCUT2D eigenvalue weighted by atomic mass is 10.0. The zero-order valence-corrected chi connectivity index (χ0v) is 25.1. The Bertz CT molecular complexity index is 1760. The van der Waals surface area contributed by atoms with Crippen molar-refractivity contribution in [2.24, 2.45) is 0 Å². The van der Waals surface area contributed by atoms with Crippen LogP contribution < -0.4 is 10.2 Å². The minimum Gasteiger partial charge on any atom is -0.378 e. The highest BCUT2D eigenvalue weighted by atomic mass is 19.4. The van der Waals surface area contributed by atoms with Crippen LogP contribution >= 0.6 is 0 Å². The van der Waals surface area contributed by atoms with Gasteiger partial charge in [-0.25, -0.2) is 4.98 Å². The maximum atomic E-state index is 14.0.